The van der Waals surface area contributed by atoms with E-state index in [0.717, 1.165) is 18.4 Å². The summed E-state index contributed by atoms with van der Waals surface area (Å²) in [4.78, 5) is 14.4. The summed E-state index contributed by atoms with van der Waals surface area (Å²) in [5.74, 6) is -2.32. The lowest BCUT2D eigenvalue weighted by atomic mass is 9.71. The molecule has 14 nitrogen and oxygen atoms in total. The zero-order valence-electron chi connectivity index (χ0n) is 39.0. The smallest absolute Gasteiger partial charge is 0.316 e. The van der Waals surface area contributed by atoms with E-state index in [-0.39, 0.29) is 36.8 Å². The number of hydrogen-bond donors (Lipinski definition) is 3. The molecule has 64 heavy (non-hydrogen) atoms. The van der Waals surface area contributed by atoms with Gasteiger partial charge in [0.1, 0.15) is 42.0 Å². The molecular weight excluding hydrogens is 825 g/mol. The molecule has 3 N–H and O–H groups in total. The third kappa shape index (κ3) is 9.82. The van der Waals surface area contributed by atoms with Crippen LogP contribution in [-0.2, 0) is 52.2 Å². The van der Waals surface area contributed by atoms with Gasteiger partial charge >= 0.3 is 5.97 Å². The molecule has 2 bridgehead atoms. The van der Waals surface area contributed by atoms with Crippen LogP contribution in [0.2, 0.25) is 0 Å². The van der Waals surface area contributed by atoms with Crippen molar-refractivity contribution >= 4 is 5.97 Å². The molecule has 6 heterocycles. The fraction of sp³-hybridized carbons (Fsp3) is 0.780. The van der Waals surface area contributed by atoms with Crippen LogP contribution in [0, 0.1) is 23.7 Å². The highest BCUT2D eigenvalue weighted by atomic mass is 16.7. The fourth-order valence-electron chi connectivity index (χ4n) is 11.7. The van der Waals surface area contributed by atoms with Gasteiger partial charge in [0.2, 0.25) is 0 Å². The largest absolute Gasteiger partial charge is 0.462 e. The summed E-state index contributed by atoms with van der Waals surface area (Å²) < 4.78 is 64.1. The number of methoxy groups -OCH3 is 2. The Kier molecular flexibility index (Phi) is 15.1. The van der Waals surface area contributed by atoms with Gasteiger partial charge in [-0.25, -0.2) is 0 Å². The molecule has 1 saturated carbocycles. The maximum Gasteiger partial charge on any atom is 0.316 e. The van der Waals surface area contributed by atoms with Gasteiger partial charge in [-0.05, 0) is 75.7 Å². The highest BCUT2D eigenvalue weighted by Gasteiger charge is 2.60. The van der Waals surface area contributed by atoms with Crippen LogP contribution in [0.25, 0.3) is 0 Å². The first-order valence-electron chi connectivity index (χ1n) is 24.0. The Morgan fingerprint density at radius 3 is 2.28 bits per heavy atom. The number of hydrogen-bond acceptors (Lipinski definition) is 14. The average molecular weight is 899 g/mol. The standard InChI is InChI=1S/C50H74O14/c1-27-13-12-16-34-26-57-47-42(51)30(4)21-37(50(34,47)54)48(53)60-36-22-35(63-49(25-36)20-19-29(3)45(64-49)33-14-10-9-11-15-33)18-17-28(2)44(27)61-41-24-39(56-8)46(32(6)59-41)62-40-23-38(55-7)43(52)31(5)58-40/h12-13,16-17,19-21,27,29,31-33,35-47,51-52,54H,9-11,14-15,18,22-26H2,1-8H3/t27-,29-,31-,32-,35+,36-,37-,38?,39-,40-,41-,42+,43-,44-,45-,46-,47+,49+,50+/m0/s1. The molecule has 14 heteroatoms. The summed E-state index contributed by atoms with van der Waals surface area (Å²) in [7, 11) is 3.23. The van der Waals surface area contributed by atoms with Crippen LogP contribution in [0.3, 0.4) is 0 Å². The molecule has 4 saturated heterocycles. The Labute approximate surface area is 379 Å². The maximum absolute atomic E-state index is 14.4. The summed E-state index contributed by atoms with van der Waals surface area (Å²) >= 11 is 0. The van der Waals surface area contributed by atoms with E-state index in [1.54, 1.807) is 40.2 Å². The molecule has 19 atom stereocenters. The van der Waals surface area contributed by atoms with Crippen molar-refractivity contribution in [2.24, 2.45) is 23.7 Å². The SMILES string of the molecule is COC1C[C@H](O[C@H]2[C@H](C)O[C@@H](O[C@@H]3C(C)=CC[C@@H]4C[C@@H](C[C@]5(C=C[C@H](C)[C@@H](C6CCCCC6)O5)O4)OC(=O)[C@@H]4C=C(C)[C@@H](O)[C@H]5OCC(=CC=C[C@@H]3C)[C@]54O)C[C@@H]2OC)O[C@@H](C)[C@@H]1O. The molecule has 5 fully saturated rings. The summed E-state index contributed by atoms with van der Waals surface area (Å²) in [5, 5.41) is 34.3. The van der Waals surface area contributed by atoms with Crippen LogP contribution in [0.1, 0.15) is 106 Å². The van der Waals surface area contributed by atoms with E-state index < -0.39 is 90.8 Å². The van der Waals surface area contributed by atoms with Crippen LogP contribution in [0.5, 0.6) is 0 Å². The molecule has 2 aliphatic carbocycles. The van der Waals surface area contributed by atoms with Crippen molar-refractivity contribution in [2.75, 3.05) is 20.8 Å². The van der Waals surface area contributed by atoms with Crippen LogP contribution in [-0.4, -0.2) is 139 Å². The molecule has 8 rings (SSSR count). The summed E-state index contributed by atoms with van der Waals surface area (Å²) in [6, 6.07) is 0. The summed E-state index contributed by atoms with van der Waals surface area (Å²) in [5.41, 5.74) is 0.166. The van der Waals surface area contributed by atoms with Gasteiger partial charge in [0.25, 0.3) is 0 Å². The van der Waals surface area contributed by atoms with Gasteiger partial charge in [-0.1, -0.05) is 69.6 Å². The molecule has 0 aromatic carbocycles. The van der Waals surface area contributed by atoms with E-state index in [2.05, 4.69) is 32.9 Å². The third-order valence-corrected chi connectivity index (χ3v) is 15.4. The zero-order chi connectivity index (χ0) is 45.5. The summed E-state index contributed by atoms with van der Waals surface area (Å²) in [6.07, 6.45) is 13.8. The minimum absolute atomic E-state index is 0.0242. The predicted octanol–water partition coefficient (Wildman–Crippen LogP) is 5.91. The van der Waals surface area contributed by atoms with Gasteiger partial charge in [0.05, 0.1) is 49.3 Å². The molecular formula is C50H74O14. The van der Waals surface area contributed by atoms with Gasteiger partial charge in [0.15, 0.2) is 18.4 Å². The number of carbonyl (C=O) groups is 1. The van der Waals surface area contributed by atoms with E-state index in [9.17, 15) is 20.1 Å². The van der Waals surface area contributed by atoms with E-state index in [1.807, 2.05) is 25.2 Å². The van der Waals surface area contributed by atoms with E-state index in [4.69, 9.17) is 47.4 Å². The van der Waals surface area contributed by atoms with Crippen molar-refractivity contribution < 1.29 is 67.5 Å². The lowest BCUT2D eigenvalue weighted by Crippen LogP contribution is -2.58. The quantitative estimate of drug-likeness (QED) is 0.204. The van der Waals surface area contributed by atoms with Gasteiger partial charge in [-0.15, -0.1) is 0 Å². The van der Waals surface area contributed by atoms with Crippen molar-refractivity contribution in [3.8, 4) is 0 Å². The predicted molar refractivity (Wildman–Crippen MR) is 234 cm³/mol. The van der Waals surface area contributed by atoms with Crippen molar-refractivity contribution in [3.05, 3.63) is 59.3 Å². The lowest BCUT2D eigenvalue weighted by Gasteiger charge is -2.49. The first kappa shape index (κ1) is 48.2. The highest BCUT2D eigenvalue weighted by Crippen LogP contribution is 2.48. The molecule has 0 amide bonds. The first-order chi connectivity index (χ1) is 30.6. The number of ether oxygens (including phenoxy) is 10. The van der Waals surface area contributed by atoms with Gasteiger partial charge < -0.3 is 62.7 Å². The van der Waals surface area contributed by atoms with Crippen molar-refractivity contribution in [3.63, 3.8) is 0 Å². The Balaban J connectivity index is 1.08. The van der Waals surface area contributed by atoms with Crippen molar-refractivity contribution in [2.45, 2.75) is 203 Å². The maximum atomic E-state index is 14.4. The molecule has 6 aliphatic heterocycles. The topological polar surface area (TPSA) is 170 Å². The molecule has 0 radical (unpaired) electrons. The Bertz CT molecular complexity index is 1790. The molecule has 358 valence electrons. The second-order valence-electron chi connectivity index (χ2n) is 20.0. The van der Waals surface area contributed by atoms with E-state index in [1.165, 1.54) is 19.3 Å². The lowest BCUT2D eigenvalue weighted by molar-refractivity contribution is -0.318. The number of aliphatic hydroxyl groups is 3. The fourth-order valence-corrected chi connectivity index (χ4v) is 11.7. The molecule has 0 aromatic heterocycles. The number of esters is 1. The van der Waals surface area contributed by atoms with Crippen LogP contribution in [0.15, 0.2) is 59.3 Å². The Morgan fingerprint density at radius 2 is 1.53 bits per heavy atom. The highest BCUT2D eigenvalue weighted by molar-refractivity contribution is 5.78. The number of aliphatic hydroxyl groups excluding tert-OH is 2. The van der Waals surface area contributed by atoms with Gasteiger partial charge in [-0.3, -0.25) is 4.79 Å². The Hall–Kier alpha value is -2.31. The zero-order valence-corrected chi connectivity index (χ0v) is 39.0. The number of allylic oxidation sites excluding steroid dienone is 2. The van der Waals surface area contributed by atoms with E-state index >= 15 is 0 Å². The molecule has 1 spiro atoms. The minimum atomic E-state index is -1.83. The minimum Gasteiger partial charge on any atom is -0.462 e. The molecule has 8 aliphatic rings. The second-order valence-corrected chi connectivity index (χ2v) is 20.0. The van der Waals surface area contributed by atoms with Crippen LogP contribution in [0.4, 0.5) is 0 Å². The first-order valence-corrected chi connectivity index (χ1v) is 24.0. The van der Waals surface area contributed by atoms with Crippen LogP contribution < -0.4 is 0 Å². The second kappa shape index (κ2) is 20.1. The molecule has 1 unspecified atom stereocenters. The number of rotatable bonds is 7. The van der Waals surface area contributed by atoms with Gasteiger partial charge in [-0.2, -0.15) is 0 Å². The van der Waals surface area contributed by atoms with Crippen molar-refractivity contribution in [1.29, 1.82) is 0 Å². The normalized spacial score (nSPS) is 47.1. The Morgan fingerprint density at radius 1 is 0.812 bits per heavy atom. The number of fused-ring (bicyclic) bond motifs is 2. The number of carbonyl (C=O) groups excluding carboxylic acids is 1. The average Bonchev–Trinajstić information content (AvgIpc) is 3.62. The van der Waals surface area contributed by atoms with Crippen LogP contribution >= 0.6 is 0 Å². The monoisotopic (exact) mass is 899 g/mol. The molecule has 0 aromatic rings. The van der Waals surface area contributed by atoms with Crippen molar-refractivity contribution in [1.82, 2.24) is 0 Å². The van der Waals surface area contributed by atoms with Gasteiger partial charge in [0, 0.05) is 51.7 Å². The third-order valence-electron chi connectivity index (χ3n) is 15.4. The summed E-state index contributed by atoms with van der Waals surface area (Å²) in [6.45, 7) is 11.9. The van der Waals surface area contributed by atoms with E-state index in [0.29, 0.717) is 49.2 Å².